The Bertz CT molecular complexity index is 430. The highest BCUT2D eigenvalue weighted by molar-refractivity contribution is 5.62. The SMILES string of the molecule is O=[N+]([O-])c1ccc(CO)cc1NCC1CCCO1. The second-order valence-corrected chi connectivity index (χ2v) is 4.28. The first kappa shape index (κ1) is 12.8. The van der Waals surface area contributed by atoms with Crippen molar-refractivity contribution < 1.29 is 14.8 Å². The number of aliphatic hydroxyl groups excluding tert-OH is 1. The Labute approximate surface area is 105 Å². The molecule has 6 nitrogen and oxygen atoms in total. The molecule has 0 bridgehead atoms. The fourth-order valence-electron chi connectivity index (χ4n) is 2.01. The van der Waals surface area contributed by atoms with Crippen LogP contribution in [0.25, 0.3) is 0 Å². The van der Waals surface area contributed by atoms with Crippen molar-refractivity contribution in [3.05, 3.63) is 33.9 Å². The van der Waals surface area contributed by atoms with E-state index in [1.807, 2.05) is 0 Å². The predicted octanol–water partition coefficient (Wildman–Crippen LogP) is 1.68. The summed E-state index contributed by atoms with van der Waals surface area (Å²) in [4.78, 5) is 10.5. The molecule has 0 aromatic heterocycles. The van der Waals surface area contributed by atoms with E-state index in [1.54, 1.807) is 12.1 Å². The molecule has 1 fully saturated rings. The number of nitrogens with one attached hydrogen (secondary N) is 1. The summed E-state index contributed by atoms with van der Waals surface area (Å²) in [5.74, 6) is 0. The van der Waals surface area contributed by atoms with Gasteiger partial charge in [-0.1, -0.05) is 0 Å². The number of aliphatic hydroxyl groups is 1. The van der Waals surface area contributed by atoms with Crippen LogP contribution in [0.1, 0.15) is 18.4 Å². The third-order valence-corrected chi connectivity index (χ3v) is 2.98. The molecule has 6 heteroatoms. The van der Waals surface area contributed by atoms with Crippen molar-refractivity contribution in [1.29, 1.82) is 0 Å². The van der Waals surface area contributed by atoms with Crippen LogP contribution in [0.3, 0.4) is 0 Å². The van der Waals surface area contributed by atoms with Crippen LogP contribution in [0.5, 0.6) is 0 Å². The molecule has 0 amide bonds. The van der Waals surface area contributed by atoms with Gasteiger partial charge in [0.15, 0.2) is 0 Å². The minimum absolute atomic E-state index is 0.0187. The molecule has 0 aliphatic carbocycles. The van der Waals surface area contributed by atoms with Crippen molar-refractivity contribution in [3.63, 3.8) is 0 Å². The molecular weight excluding hydrogens is 236 g/mol. The third kappa shape index (κ3) is 2.96. The van der Waals surface area contributed by atoms with E-state index < -0.39 is 4.92 Å². The van der Waals surface area contributed by atoms with Crippen molar-refractivity contribution in [2.45, 2.75) is 25.6 Å². The Balaban J connectivity index is 2.10. The second-order valence-electron chi connectivity index (χ2n) is 4.28. The minimum Gasteiger partial charge on any atom is -0.392 e. The van der Waals surface area contributed by atoms with E-state index in [9.17, 15) is 10.1 Å². The molecule has 1 aromatic rings. The van der Waals surface area contributed by atoms with Crippen LogP contribution in [-0.4, -0.2) is 29.3 Å². The average Bonchev–Trinajstić information content (AvgIpc) is 2.88. The molecule has 1 heterocycles. The highest BCUT2D eigenvalue weighted by Gasteiger charge is 2.18. The Hall–Kier alpha value is -1.66. The Morgan fingerprint density at radius 1 is 1.56 bits per heavy atom. The molecule has 2 N–H and O–H groups in total. The molecule has 18 heavy (non-hydrogen) atoms. The summed E-state index contributed by atoms with van der Waals surface area (Å²) >= 11 is 0. The monoisotopic (exact) mass is 252 g/mol. The van der Waals surface area contributed by atoms with Crippen LogP contribution in [-0.2, 0) is 11.3 Å². The molecule has 0 radical (unpaired) electrons. The van der Waals surface area contributed by atoms with Crippen molar-refractivity contribution in [3.8, 4) is 0 Å². The summed E-state index contributed by atoms with van der Waals surface area (Å²) < 4.78 is 5.45. The normalized spacial score (nSPS) is 18.8. The minimum atomic E-state index is -0.432. The number of anilines is 1. The van der Waals surface area contributed by atoms with Gasteiger partial charge in [-0.2, -0.15) is 0 Å². The lowest BCUT2D eigenvalue weighted by Gasteiger charge is -2.12. The number of rotatable bonds is 5. The van der Waals surface area contributed by atoms with Crippen molar-refractivity contribution in [1.82, 2.24) is 0 Å². The van der Waals surface area contributed by atoms with Crippen LogP contribution in [0.4, 0.5) is 11.4 Å². The van der Waals surface area contributed by atoms with Gasteiger partial charge >= 0.3 is 0 Å². The summed E-state index contributed by atoms with van der Waals surface area (Å²) in [6.45, 7) is 1.17. The van der Waals surface area contributed by atoms with Crippen molar-refractivity contribution in [2.24, 2.45) is 0 Å². The van der Waals surface area contributed by atoms with Crippen LogP contribution in [0, 0.1) is 10.1 Å². The van der Waals surface area contributed by atoms with Gasteiger partial charge in [-0.3, -0.25) is 10.1 Å². The topological polar surface area (TPSA) is 84.6 Å². The number of ether oxygens (including phenoxy) is 1. The van der Waals surface area contributed by atoms with Gasteiger partial charge in [0.05, 0.1) is 17.6 Å². The molecule has 98 valence electrons. The van der Waals surface area contributed by atoms with E-state index in [1.165, 1.54) is 6.07 Å². The lowest BCUT2D eigenvalue weighted by molar-refractivity contribution is -0.384. The first-order valence-corrected chi connectivity index (χ1v) is 5.94. The highest BCUT2D eigenvalue weighted by Crippen LogP contribution is 2.26. The van der Waals surface area contributed by atoms with E-state index >= 15 is 0 Å². The first-order chi connectivity index (χ1) is 8.70. The Kier molecular flexibility index (Phi) is 4.11. The molecule has 1 saturated heterocycles. The van der Waals surface area contributed by atoms with Gasteiger partial charge in [0, 0.05) is 19.2 Å². The zero-order valence-electron chi connectivity index (χ0n) is 9.96. The number of hydrogen-bond acceptors (Lipinski definition) is 5. The quantitative estimate of drug-likeness (QED) is 0.615. The molecular formula is C12H16N2O4. The Morgan fingerprint density at radius 2 is 2.39 bits per heavy atom. The van der Waals surface area contributed by atoms with Crippen LogP contribution in [0.2, 0.25) is 0 Å². The molecule has 1 aliphatic heterocycles. The fourth-order valence-corrected chi connectivity index (χ4v) is 2.01. The van der Waals surface area contributed by atoms with Gasteiger partial charge in [0.2, 0.25) is 0 Å². The van der Waals surface area contributed by atoms with E-state index in [2.05, 4.69) is 5.32 Å². The van der Waals surface area contributed by atoms with E-state index in [0.29, 0.717) is 17.8 Å². The van der Waals surface area contributed by atoms with E-state index in [4.69, 9.17) is 9.84 Å². The number of hydrogen-bond donors (Lipinski definition) is 2. The van der Waals surface area contributed by atoms with Crippen LogP contribution in [0.15, 0.2) is 18.2 Å². The Morgan fingerprint density at radius 3 is 3.00 bits per heavy atom. The maximum absolute atomic E-state index is 10.9. The smallest absolute Gasteiger partial charge is 0.292 e. The molecule has 0 spiro atoms. The molecule has 1 atom stereocenters. The summed E-state index contributed by atoms with van der Waals surface area (Å²) in [7, 11) is 0. The number of nitro benzene ring substituents is 1. The van der Waals surface area contributed by atoms with Crippen molar-refractivity contribution >= 4 is 11.4 Å². The number of nitro groups is 1. The second kappa shape index (κ2) is 5.79. The van der Waals surface area contributed by atoms with Gasteiger partial charge in [0.25, 0.3) is 5.69 Å². The standard InChI is InChI=1S/C12H16N2O4/c15-8-9-3-4-12(14(16)17)11(6-9)13-7-10-2-1-5-18-10/h3-4,6,10,13,15H,1-2,5,7-8H2. The van der Waals surface area contributed by atoms with E-state index in [0.717, 1.165) is 19.4 Å². The summed E-state index contributed by atoms with van der Waals surface area (Å²) in [6, 6.07) is 4.56. The molecule has 1 aliphatic rings. The number of benzene rings is 1. The zero-order valence-corrected chi connectivity index (χ0v) is 9.96. The van der Waals surface area contributed by atoms with Crippen LogP contribution >= 0.6 is 0 Å². The van der Waals surface area contributed by atoms with Gasteiger partial charge < -0.3 is 15.2 Å². The van der Waals surface area contributed by atoms with Gasteiger partial charge in [0.1, 0.15) is 5.69 Å². The third-order valence-electron chi connectivity index (χ3n) is 2.98. The lowest BCUT2D eigenvalue weighted by Crippen LogP contribution is -2.19. The summed E-state index contributed by atoms with van der Waals surface area (Å²) in [5, 5.41) is 23.0. The van der Waals surface area contributed by atoms with Gasteiger partial charge in [-0.25, -0.2) is 0 Å². The van der Waals surface area contributed by atoms with Gasteiger partial charge in [-0.05, 0) is 30.5 Å². The van der Waals surface area contributed by atoms with Crippen LogP contribution < -0.4 is 5.32 Å². The zero-order chi connectivity index (χ0) is 13.0. The maximum atomic E-state index is 10.9. The van der Waals surface area contributed by atoms with Crippen molar-refractivity contribution in [2.75, 3.05) is 18.5 Å². The van der Waals surface area contributed by atoms with Gasteiger partial charge in [-0.15, -0.1) is 0 Å². The molecule has 1 aromatic carbocycles. The summed E-state index contributed by atoms with van der Waals surface area (Å²) in [5.41, 5.74) is 1.10. The maximum Gasteiger partial charge on any atom is 0.292 e. The number of nitrogens with zero attached hydrogens (tertiary/aromatic N) is 1. The largest absolute Gasteiger partial charge is 0.392 e. The predicted molar refractivity (Wildman–Crippen MR) is 66.5 cm³/mol. The summed E-state index contributed by atoms with van der Waals surface area (Å²) in [6.07, 6.45) is 2.12. The fraction of sp³-hybridized carbons (Fsp3) is 0.500. The first-order valence-electron chi connectivity index (χ1n) is 5.94. The molecule has 1 unspecified atom stereocenters. The lowest BCUT2D eigenvalue weighted by atomic mass is 10.1. The highest BCUT2D eigenvalue weighted by atomic mass is 16.6. The van der Waals surface area contributed by atoms with E-state index in [-0.39, 0.29) is 18.4 Å². The molecule has 0 saturated carbocycles. The average molecular weight is 252 g/mol. The molecule has 2 rings (SSSR count).